The zero-order valence-corrected chi connectivity index (χ0v) is 46.2. The van der Waals surface area contributed by atoms with E-state index in [2.05, 4.69) is 177 Å². The van der Waals surface area contributed by atoms with Crippen molar-refractivity contribution in [1.29, 1.82) is 0 Å². The molecule has 8 aromatic rings. The van der Waals surface area contributed by atoms with Crippen LogP contribution in [-0.2, 0) is 0 Å². The van der Waals surface area contributed by atoms with Gasteiger partial charge in [0.05, 0.1) is 11.9 Å². The lowest BCUT2D eigenvalue weighted by Gasteiger charge is -2.01. The first kappa shape index (κ1) is 89.5. The fraction of sp³-hybridized carbons (Fsp3) is 0.471. The Balaban J connectivity index is -0.000000122. The molecule has 0 aromatic carbocycles. The van der Waals surface area contributed by atoms with Crippen molar-refractivity contribution in [2.45, 2.75) is 218 Å². The Morgan fingerprint density at radius 2 is 0.675 bits per heavy atom. The highest BCUT2D eigenvalue weighted by atomic mass is 15.1. The van der Waals surface area contributed by atoms with E-state index >= 15 is 0 Å². The number of rotatable bonds is 8. The summed E-state index contributed by atoms with van der Waals surface area (Å²) in [6.45, 7) is 34.1. The van der Waals surface area contributed by atoms with Crippen LogP contribution >= 0.6 is 0 Å². The molecule has 0 spiro atoms. The Kier molecular flexibility index (Phi) is 61.8. The van der Waals surface area contributed by atoms with Gasteiger partial charge in [-0.25, -0.2) is 19.9 Å². The summed E-state index contributed by atoms with van der Waals surface area (Å²) in [6.07, 6.45) is 23.1. The van der Waals surface area contributed by atoms with Gasteiger partial charge in [-0.05, 0) is 131 Å². The normalized spacial score (nSPS) is 9.10. The first-order valence-corrected chi connectivity index (χ1v) is 25.1. The predicted octanol–water partition coefficient (Wildman–Crippen LogP) is 20.3. The molecule has 0 saturated heterocycles. The highest BCUT2D eigenvalue weighted by Gasteiger charge is 2.00. The van der Waals surface area contributed by atoms with E-state index in [0.29, 0.717) is 47.3 Å². The van der Waals surface area contributed by atoms with Gasteiger partial charge in [0.1, 0.15) is 12.2 Å². The molecule has 0 aliphatic heterocycles. The first-order chi connectivity index (χ1) is 34.4. The molecule has 12 nitrogen and oxygen atoms in total. The molecule has 0 bridgehead atoms. The number of hydrogen-bond acceptors (Lipinski definition) is 12. The summed E-state index contributed by atoms with van der Waals surface area (Å²) >= 11 is 0. The summed E-state index contributed by atoms with van der Waals surface area (Å²) in [5.41, 5.74) is 8.38. The van der Waals surface area contributed by atoms with Gasteiger partial charge in [0, 0.05) is 91.2 Å². The lowest BCUT2D eigenvalue weighted by atomic mass is 10.1. The summed E-state index contributed by atoms with van der Waals surface area (Å²) in [5.74, 6) is 5.21. The van der Waals surface area contributed by atoms with E-state index in [4.69, 9.17) is 0 Å². The Morgan fingerprint density at radius 3 is 0.938 bits per heavy atom. The van der Waals surface area contributed by atoms with E-state index < -0.39 is 0 Å². The minimum atomic E-state index is 0. The molecule has 8 rings (SSSR count). The smallest absolute Gasteiger partial charge is 0.130 e. The monoisotopic (exact) mass is 1100 g/mol. The predicted molar refractivity (Wildman–Crippen MR) is 352 cm³/mol. The standard InChI is InChI=1S/4C8H11N.4C7H10N2.8CH4/c1-7(2)8-3-5-9-6-4-8;1-7(2)8-4-3-5-9-6-8;2*1-7(2)8-5-3-4-6-9-8;1-6(2)7-3-4-8-5-9-7;1-6(2)7-3-4-8-9-5-7;1-6(2)7-8-4-3-5-9-7;1-6(2)7-4-3-5-8-9-7;;;;;;;;/h4*3-7H,1-2H3;4*3-6H,1-2H3;8*1H4. The Hall–Kier alpha value is -7.08. The quantitative estimate of drug-likeness (QED) is 0.142. The highest BCUT2D eigenvalue weighted by molar-refractivity contribution is 5.14. The lowest BCUT2D eigenvalue weighted by molar-refractivity contribution is 0.774. The van der Waals surface area contributed by atoms with E-state index in [9.17, 15) is 0 Å². The number of hydrogen-bond donors (Lipinski definition) is 0. The van der Waals surface area contributed by atoms with E-state index in [1.807, 2.05) is 116 Å². The summed E-state index contributed by atoms with van der Waals surface area (Å²) in [7, 11) is 0. The van der Waals surface area contributed by atoms with E-state index in [1.165, 1.54) is 16.7 Å². The van der Waals surface area contributed by atoms with Crippen LogP contribution in [0.5, 0.6) is 0 Å². The first-order valence-electron chi connectivity index (χ1n) is 25.1. The molecule has 448 valence electrons. The molecule has 12 heteroatoms. The van der Waals surface area contributed by atoms with Crippen molar-refractivity contribution >= 4 is 0 Å². The van der Waals surface area contributed by atoms with Gasteiger partial charge in [-0.3, -0.25) is 19.9 Å². The third kappa shape index (κ3) is 43.9. The van der Waals surface area contributed by atoms with Crippen LogP contribution < -0.4 is 0 Å². The molecule has 0 radical (unpaired) electrons. The maximum absolute atomic E-state index is 4.18. The van der Waals surface area contributed by atoms with Gasteiger partial charge in [-0.2, -0.15) is 20.4 Å². The third-order valence-corrected chi connectivity index (χ3v) is 10.0. The largest absolute Gasteiger partial charge is 0.265 e. The van der Waals surface area contributed by atoms with Crippen molar-refractivity contribution in [3.63, 3.8) is 0 Å². The van der Waals surface area contributed by atoms with Gasteiger partial charge in [0.2, 0.25) is 0 Å². The molecular formula is C68H116N12. The molecule has 8 aromatic heterocycles. The summed E-state index contributed by atoms with van der Waals surface area (Å²) in [5, 5.41) is 15.1. The molecule has 0 atom stereocenters. The molecule has 0 unspecified atom stereocenters. The van der Waals surface area contributed by atoms with Crippen molar-refractivity contribution in [1.82, 2.24) is 60.3 Å². The van der Waals surface area contributed by atoms with Crippen molar-refractivity contribution in [2.75, 3.05) is 0 Å². The number of aromatic nitrogens is 12. The maximum atomic E-state index is 4.18. The van der Waals surface area contributed by atoms with Gasteiger partial charge < -0.3 is 0 Å². The van der Waals surface area contributed by atoms with Crippen LogP contribution in [0.25, 0.3) is 0 Å². The highest BCUT2D eigenvalue weighted by Crippen LogP contribution is 2.13. The summed E-state index contributed by atoms with van der Waals surface area (Å²) in [6, 6.07) is 29.8. The molecule has 0 N–H and O–H groups in total. The average Bonchev–Trinajstić information content (AvgIpc) is 3.42. The van der Waals surface area contributed by atoms with Gasteiger partial charge in [-0.15, -0.1) is 0 Å². The zero-order chi connectivity index (χ0) is 53.5. The minimum Gasteiger partial charge on any atom is -0.265 e. The summed E-state index contributed by atoms with van der Waals surface area (Å²) < 4.78 is 0. The van der Waals surface area contributed by atoms with Crippen LogP contribution in [0.4, 0.5) is 0 Å². The Bertz CT molecular complexity index is 1870. The maximum Gasteiger partial charge on any atom is 0.130 e. The fourth-order valence-electron chi connectivity index (χ4n) is 5.42. The zero-order valence-electron chi connectivity index (χ0n) is 46.2. The summed E-state index contributed by atoms with van der Waals surface area (Å²) in [4.78, 5) is 32.3. The van der Waals surface area contributed by atoms with Crippen molar-refractivity contribution in [2.24, 2.45) is 0 Å². The average molecular weight is 1100 g/mol. The molecule has 80 heavy (non-hydrogen) atoms. The van der Waals surface area contributed by atoms with Crippen LogP contribution in [-0.4, -0.2) is 60.3 Å². The second kappa shape index (κ2) is 55.2. The van der Waals surface area contributed by atoms with E-state index in [1.54, 1.807) is 49.7 Å². The van der Waals surface area contributed by atoms with Gasteiger partial charge in [-0.1, -0.05) is 188 Å². The van der Waals surface area contributed by atoms with Crippen molar-refractivity contribution < 1.29 is 0 Å². The van der Waals surface area contributed by atoms with Crippen LogP contribution in [0.2, 0.25) is 0 Å². The molecule has 0 aliphatic carbocycles. The Labute approximate surface area is 492 Å². The second-order valence-electron chi connectivity index (χ2n) is 18.9. The molecule has 8 heterocycles. The molecule has 0 saturated carbocycles. The van der Waals surface area contributed by atoms with E-state index in [0.717, 1.165) is 28.6 Å². The number of pyridine rings is 4. The second-order valence-corrected chi connectivity index (χ2v) is 18.9. The van der Waals surface area contributed by atoms with Crippen molar-refractivity contribution in [3.8, 4) is 0 Å². The van der Waals surface area contributed by atoms with Crippen LogP contribution in [0, 0.1) is 0 Å². The fourth-order valence-corrected chi connectivity index (χ4v) is 5.42. The van der Waals surface area contributed by atoms with Crippen LogP contribution in [0.3, 0.4) is 0 Å². The van der Waals surface area contributed by atoms with Crippen molar-refractivity contribution in [3.05, 3.63) is 217 Å². The molecule has 0 amide bonds. The SMILES string of the molecule is C.C.C.C.C.C.C.C.CC(C)c1ccccn1.CC(C)c1ccccn1.CC(C)c1cccnc1.CC(C)c1cccnn1.CC(C)c1ccncc1.CC(C)c1ccncn1.CC(C)c1ccnnc1.CC(C)c1ncccn1. The van der Waals surface area contributed by atoms with Crippen LogP contribution in [0.1, 0.15) is 263 Å². The molecule has 0 fully saturated rings. The molecule has 0 aliphatic rings. The lowest BCUT2D eigenvalue weighted by Crippen LogP contribution is -1.93. The van der Waals surface area contributed by atoms with Crippen LogP contribution in [0.15, 0.2) is 172 Å². The van der Waals surface area contributed by atoms with Gasteiger partial charge in [0.25, 0.3) is 0 Å². The van der Waals surface area contributed by atoms with Gasteiger partial charge >= 0.3 is 0 Å². The molecular weight excluding hydrogens is 985 g/mol. The topological polar surface area (TPSA) is 155 Å². The van der Waals surface area contributed by atoms with Gasteiger partial charge in [0.15, 0.2) is 0 Å². The minimum absolute atomic E-state index is 0. The Morgan fingerprint density at radius 1 is 0.250 bits per heavy atom. The third-order valence-electron chi connectivity index (χ3n) is 10.0. The number of nitrogens with zero attached hydrogens (tertiary/aromatic N) is 12. The van der Waals surface area contributed by atoms with E-state index in [-0.39, 0.29) is 59.4 Å².